The third kappa shape index (κ3) is 3.87. The summed E-state index contributed by atoms with van der Waals surface area (Å²) in [5.41, 5.74) is 0. The Balaban J connectivity index is 1.45. The number of rotatable bonds is 4. The third-order valence-corrected chi connectivity index (χ3v) is 6.81. The van der Waals surface area contributed by atoms with Crippen LogP contribution in [0, 0.1) is 23.3 Å². The largest absolute Gasteiger partial charge is 0.393 e. The van der Waals surface area contributed by atoms with Crippen molar-refractivity contribution in [2.45, 2.75) is 42.2 Å². The number of thioether (sulfide) groups is 1. The number of nitrogens with zero attached hydrogens (tertiary/aromatic N) is 2. The maximum absolute atomic E-state index is 12.5. The fraction of sp³-hybridized carbons (Fsp3) is 0.867. The summed E-state index contributed by atoms with van der Waals surface area (Å²) in [4.78, 5) is 14.3. The molecule has 3 rings (SSSR count). The van der Waals surface area contributed by atoms with E-state index in [1.807, 2.05) is 11.1 Å². The molecule has 23 heavy (non-hydrogen) atoms. The summed E-state index contributed by atoms with van der Waals surface area (Å²) in [7, 11) is 0. The Morgan fingerprint density at radius 1 is 1.48 bits per heavy atom. The van der Waals surface area contributed by atoms with Crippen LogP contribution in [0.1, 0.15) is 19.3 Å². The predicted molar refractivity (Wildman–Crippen MR) is 89.8 cm³/mol. The summed E-state index contributed by atoms with van der Waals surface area (Å²) in [6, 6.07) is -0.157. The smallest absolute Gasteiger partial charge is 0.240 e. The van der Waals surface area contributed by atoms with Crippen LogP contribution in [0.15, 0.2) is 0 Å². The van der Waals surface area contributed by atoms with Crippen LogP contribution in [-0.4, -0.2) is 64.2 Å². The van der Waals surface area contributed by atoms with Gasteiger partial charge in [0, 0.05) is 42.6 Å². The van der Waals surface area contributed by atoms with Crippen molar-refractivity contribution in [2.24, 2.45) is 11.8 Å². The predicted octanol–water partition coefficient (Wildman–Crippen LogP) is 0.315. The van der Waals surface area contributed by atoms with Crippen molar-refractivity contribution in [3.63, 3.8) is 0 Å². The minimum absolute atomic E-state index is 0.0742. The number of carbonyl (C=O) groups excluding carboxylic acids is 1. The first-order valence-corrected chi connectivity index (χ1v) is 9.67. The van der Waals surface area contributed by atoms with E-state index in [4.69, 9.17) is 16.9 Å². The zero-order valence-electron chi connectivity index (χ0n) is 12.9. The number of nitrogens with one attached hydrogen (secondary N) is 2. The molecule has 3 aliphatic rings. The van der Waals surface area contributed by atoms with Gasteiger partial charge in [-0.1, -0.05) is 0 Å². The molecule has 0 aromatic carbocycles. The third-order valence-electron chi connectivity index (χ3n) is 5.04. The second-order valence-electron chi connectivity index (χ2n) is 6.72. The minimum atomic E-state index is -0.379. The van der Waals surface area contributed by atoms with Crippen LogP contribution in [0.2, 0.25) is 0 Å². The Kier molecular flexibility index (Phi) is 5.57. The SMILES string of the molecule is N#CNCC1CN(C(=O)C2CSC(C3CCC(Cl)CC3O)N2)C1. The summed E-state index contributed by atoms with van der Waals surface area (Å²) in [6.07, 6.45) is 4.02. The number of hydrogen-bond acceptors (Lipinski definition) is 6. The fourth-order valence-corrected chi connectivity index (χ4v) is 5.42. The van der Waals surface area contributed by atoms with Crippen molar-refractivity contribution in [1.29, 1.82) is 5.26 Å². The molecule has 2 saturated heterocycles. The lowest BCUT2D eigenvalue weighted by Crippen LogP contribution is -2.58. The van der Waals surface area contributed by atoms with Gasteiger partial charge in [-0.05, 0) is 19.3 Å². The first-order chi connectivity index (χ1) is 11.1. The molecule has 3 fully saturated rings. The molecule has 0 radical (unpaired) electrons. The van der Waals surface area contributed by atoms with Gasteiger partial charge in [0.2, 0.25) is 5.91 Å². The Morgan fingerprint density at radius 2 is 2.26 bits per heavy atom. The summed E-state index contributed by atoms with van der Waals surface area (Å²) in [6.45, 7) is 2.09. The van der Waals surface area contributed by atoms with Gasteiger partial charge in [0.25, 0.3) is 0 Å². The quantitative estimate of drug-likeness (QED) is 0.381. The lowest BCUT2D eigenvalue weighted by atomic mass is 9.86. The fourth-order valence-electron chi connectivity index (χ4n) is 3.65. The first kappa shape index (κ1) is 17.2. The Morgan fingerprint density at radius 3 is 2.96 bits per heavy atom. The molecule has 0 aromatic rings. The maximum atomic E-state index is 12.5. The standard InChI is InChI=1S/C15H23ClN4O2S/c16-10-1-2-11(13(21)3-10)14-19-12(7-23-14)15(22)20-5-9(6-20)4-18-8-17/h9-14,18-19,21H,1-7H2. The molecule has 128 valence electrons. The first-order valence-electron chi connectivity index (χ1n) is 8.19. The van der Waals surface area contributed by atoms with Gasteiger partial charge in [0.15, 0.2) is 6.19 Å². The van der Waals surface area contributed by atoms with E-state index in [-0.39, 0.29) is 34.7 Å². The van der Waals surface area contributed by atoms with Crippen molar-refractivity contribution >= 4 is 29.3 Å². The molecular weight excluding hydrogens is 336 g/mol. The van der Waals surface area contributed by atoms with E-state index in [0.29, 0.717) is 18.9 Å². The summed E-state index contributed by atoms with van der Waals surface area (Å²) >= 11 is 7.85. The van der Waals surface area contributed by atoms with Gasteiger partial charge in [-0.25, -0.2) is 0 Å². The van der Waals surface area contributed by atoms with E-state index in [2.05, 4.69) is 10.6 Å². The molecule has 8 heteroatoms. The average Bonchev–Trinajstić information content (AvgIpc) is 2.95. The van der Waals surface area contributed by atoms with Crippen molar-refractivity contribution < 1.29 is 9.90 Å². The van der Waals surface area contributed by atoms with E-state index in [1.165, 1.54) is 0 Å². The summed E-state index contributed by atoms with van der Waals surface area (Å²) in [5, 5.41) is 25.0. The number of hydrogen-bond donors (Lipinski definition) is 3. The second kappa shape index (κ2) is 7.47. The summed E-state index contributed by atoms with van der Waals surface area (Å²) in [5.74, 6) is 1.46. The molecule has 2 heterocycles. The van der Waals surface area contributed by atoms with Crippen LogP contribution in [0.25, 0.3) is 0 Å². The van der Waals surface area contributed by atoms with Crippen molar-refractivity contribution in [2.75, 3.05) is 25.4 Å². The van der Waals surface area contributed by atoms with Gasteiger partial charge in [0.1, 0.15) is 0 Å². The van der Waals surface area contributed by atoms with E-state index in [9.17, 15) is 9.90 Å². The molecular formula is C15H23ClN4O2S. The molecule has 3 N–H and O–H groups in total. The molecule has 2 aliphatic heterocycles. The number of nitriles is 1. The second-order valence-corrected chi connectivity index (χ2v) is 8.51. The molecule has 5 unspecified atom stereocenters. The molecule has 0 aromatic heterocycles. The van der Waals surface area contributed by atoms with Crippen LogP contribution >= 0.6 is 23.4 Å². The van der Waals surface area contributed by atoms with Gasteiger partial charge in [0.05, 0.1) is 17.5 Å². The summed E-state index contributed by atoms with van der Waals surface area (Å²) < 4.78 is 0. The van der Waals surface area contributed by atoms with Gasteiger partial charge in [-0.2, -0.15) is 5.26 Å². The minimum Gasteiger partial charge on any atom is -0.393 e. The highest BCUT2D eigenvalue weighted by molar-refractivity contribution is 8.00. The molecule has 1 saturated carbocycles. The normalized spacial score (nSPS) is 38.0. The average molecular weight is 359 g/mol. The number of amides is 1. The monoisotopic (exact) mass is 358 g/mol. The zero-order chi connectivity index (χ0) is 16.4. The highest BCUT2D eigenvalue weighted by Gasteiger charge is 2.42. The number of alkyl halides is 1. The van der Waals surface area contributed by atoms with Gasteiger partial charge >= 0.3 is 0 Å². The highest BCUT2D eigenvalue weighted by Crippen LogP contribution is 2.37. The van der Waals surface area contributed by atoms with Gasteiger partial charge in [-0.15, -0.1) is 23.4 Å². The van der Waals surface area contributed by atoms with Crippen molar-refractivity contribution in [3.05, 3.63) is 0 Å². The van der Waals surface area contributed by atoms with Crippen LogP contribution in [-0.2, 0) is 4.79 Å². The van der Waals surface area contributed by atoms with Crippen molar-refractivity contribution in [3.8, 4) is 6.19 Å². The molecule has 0 spiro atoms. The topological polar surface area (TPSA) is 88.4 Å². The van der Waals surface area contributed by atoms with E-state index in [1.54, 1.807) is 11.8 Å². The van der Waals surface area contributed by atoms with E-state index >= 15 is 0 Å². The Bertz CT molecular complexity index is 483. The van der Waals surface area contributed by atoms with Crippen LogP contribution in [0.3, 0.4) is 0 Å². The Labute approximate surface area is 145 Å². The molecule has 1 aliphatic carbocycles. The lowest BCUT2D eigenvalue weighted by Gasteiger charge is -2.40. The number of carbonyl (C=O) groups is 1. The molecule has 6 nitrogen and oxygen atoms in total. The zero-order valence-corrected chi connectivity index (χ0v) is 14.5. The highest BCUT2D eigenvalue weighted by atomic mass is 35.5. The molecule has 0 bridgehead atoms. The molecule has 1 amide bonds. The van der Waals surface area contributed by atoms with Crippen LogP contribution in [0.4, 0.5) is 0 Å². The van der Waals surface area contributed by atoms with Gasteiger partial charge < -0.3 is 15.3 Å². The number of aliphatic hydroxyl groups is 1. The molecule has 5 atom stereocenters. The number of aliphatic hydroxyl groups excluding tert-OH is 1. The number of halogens is 1. The lowest BCUT2D eigenvalue weighted by molar-refractivity contribution is -0.139. The van der Waals surface area contributed by atoms with Crippen molar-refractivity contribution in [1.82, 2.24) is 15.5 Å². The number of likely N-dealkylation sites (tertiary alicyclic amines) is 1. The Hall–Kier alpha value is -0.680. The van der Waals surface area contributed by atoms with E-state index in [0.717, 1.165) is 31.7 Å². The van der Waals surface area contributed by atoms with Gasteiger partial charge in [-0.3, -0.25) is 10.1 Å². The van der Waals surface area contributed by atoms with Crippen LogP contribution < -0.4 is 10.6 Å². The van der Waals surface area contributed by atoms with Crippen LogP contribution in [0.5, 0.6) is 0 Å². The van der Waals surface area contributed by atoms with E-state index < -0.39 is 0 Å². The maximum Gasteiger partial charge on any atom is 0.240 e.